The van der Waals surface area contributed by atoms with Crippen LogP contribution in [0.25, 0.3) is 0 Å². The van der Waals surface area contributed by atoms with Gasteiger partial charge in [0.2, 0.25) is 12.2 Å². The highest BCUT2D eigenvalue weighted by Gasteiger charge is 2.49. The first-order valence-electron chi connectivity index (χ1n) is 13.8. The molecule has 0 radical (unpaired) electrons. The van der Waals surface area contributed by atoms with Crippen LogP contribution in [0.1, 0.15) is 49.0 Å². The van der Waals surface area contributed by atoms with Gasteiger partial charge in [0.1, 0.15) is 35.5 Å². The monoisotopic (exact) mass is 689 g/mol. The van der Waals surface area contributed by atoms with Gasteiger partial charge in [-0.1, -0.05) is 12.1 Å². The number of aryl methyl sites for hydroxylation is 2. The lowest BCUT2D eigenvalue weighted by Crippen LogP contribution is -3.00. The lowest BCUT2D eigenvalue weighted by Gasteiger charge is -2.48. The minimum Gasteiger partial charge on any atom is -1.00 e. The average molecular weight is 690 g/mol. The van der Waals surface area contributed by atoms with E-state index in [1.165, 1.54) is 48.5 Å². The number of aromatic nitrogens is 2. The number of carbonyl (C=O) groups excluding carboxylic acids is 1. The summed E-state index contributed by atoms with van der Waals surface area (Å²) >= 11 is 0. The van der Waals surface area contributed by atoms with Crippen molar-refractivity contribution in [2.75, 3.05) is 11.5 Å². The van der Waals surface area contributed by atoms with E-state index in [9.17, 15) is 23.8 Å². The van der Waals surface area contributed by atoms with Crippen LogP contribution in [-0.2, 0) is 18.4 Å². The lowest BCUT2D eigenvalue weighted by molar-refractivity contribution is -0.671. The molecule has 3 aromatic carbocycles. The van der Waals surface area contributed by atoms with E-state index < -0.39 is 23.9 Å². The third-order valence-corrected chi connectivity index (χ3v) is 7.55. The van der Waals surface area contributed by atoms with Gasteiger partial charge in [0.05, 0.1) is 38.3 Å². The molecule has 2 N–H and O–H groups in total. The van der Waals surface area contributed by atoms with E-state index in [1.54, 1.807) is 23.1 Å². The number of phenols is 1. The number of unbranched alkanes of at least 4 members (excludes halogenated alkanes) is 1. The van der Waals surface area contributed by atoms with E-state index in [0.717, 1.165) is 19.4 Å². The Morgan fingerprint density at radius 1 is 1.00 bits per heavy atom. The van der Waals surface area contributed by atoms with Crippen LogP contribution in [0.2, 0.25) is 0 Å². The fraction of sp³-hybridized carbons (Fsp3) is 0.312. The van der Waals surface area contributed by atoms with E-state index in [4.69, 9.17) is 4.74 Å². The Hall–Kier alpha value is -3.51. The molecule has 5 rings (SSSR count). The number of aliphatic hydroxyl groups is 1. The maximum atomic E-state index is 13.6. The second kappa shape index (κ2) is 14.1. The molecule has 3 atom stereocenters. The number of imidazole rings is 1. The average Bonchev–Trinajstić information content (AvgIpc) is 3.38. The van der Waals surface area contributed by atoms with E-state index in [2.05, 4.69) is 4.57 Å². The molecule has 10 heteroatoms. The number of hydrogen-bond donors (Lipinski definition) is 2. The number of anilines is 1. The fourth-order valence-corrected chi connectivity index (χ4v) is 5.35. The summed E-state index contributed by atoms with van der Waals surface area (Å²) in [6.07, 6.45) is 7.58. The third kappa shape index (κ3) is 7.27. The minimum atomic E-state index is -0.867. The molecule has 2 heterocycles. The molecule has 1 amide bonds. The fourth-order valence-electron chi connectivity index (χ4n) is 5.35. The zero-order valence-electron chi connectivity index (χ0n) is 23.2. The molecule has 1 fully saturated rings. The van der Waals surface area contributed by atoms with Crippen LogP contribution in [0.4, 0.5) is 14.5 Å². The normalized spacial score (nSPS) is 17.0. The molecule has 0 saturated carbocycles. The largest absolute Gasteiger partial charge is 1.00 e. The van der Waals surface area contributed by atoms with Crippen molar-refractivity contribution in [3.05, 3.63) is 108 Å². The maximum Gasteiger partial charge on any atom is 0.243 e. The Morgan fingerprint density at radius 2 is 1.69 bits per heavy atom. The number of hydrogen-bond acceptors (Lipinski definition) is 4. The van der Waals surface area contributed by atoms with Crippen molar-refractivity contribution in [3.63, 3.8) is 0 Å². The summed E-state index contributed by atoms with van der Waals surface area (Å²) in [7, 11) is 1.98. The van der Waals surface area contributed by atoms with E-state index >= 15 is 0 Å². The van der Waals surface area contributed by atoms with E-state index in [-0.39, 0.29) is 47.9 Å². The van der Waals surface area contributed by atoms with Crippen molar-refractivity contribution in [1.82, 2.24) is 4.57 Å². The Kier molecular flexibility index (Phi) is 10.6. The zero-order valence-corrected chi connectivity index (χ0v) is 25.4. The summed E-state index contributed by atoms with van der Waals surface area (Å²) < 4.78 is 36.9. The van der Waals surface area contributed by atoms with Gasteiger partial charge in [-0.25, -0.2) is 17.9 Å². The maximum absolute atomic E-state index is 13.6. The van der Waals surface area contributed by atoms with Gasteiger partial charge in [0, 0.05) is 17.3 Å². The van der Waals surface area contributed by atoms with Crippen molar-refractivity contribution in [1.29, 1.82) is 0 Å². The standard InChI is InChI=1S/C32H33F2N3O4.HI/c1-35-17-18-36(21-35)16-2-3-19-41-26-12-13-27(30(39)20-26)31-28(14-15-29(38)22-4-6-23(33)7-5-22)32(40)37(31)25-10-8-24(34)9-11-25;/h4-13,17-18,20-21,28-29,31,38H,2-3,14-16,19H2,1H3;1H/t28?,29-,31+;/m0./s1. The molecule has 1 aromatic heterocycles. The number of phenolic OH excluding ortho intramolecular Hbond substituents is 1. The molecule has 0 spiro atoms. The number of aromatic hydroxyl groups is 1. The van der Waals surface area contributed by atoms with Crippen LogP contribution in [0, 0.1) is 17.6 Å². The van der Waals surface area contributed by atoms with Crippen molar-refractivity contribution in [2.45, 2.75) is 44.4 Å². The van der Waals surface area contributed by atoms with Gasteiger partial charge in [-0.3, -0.25) is 4.79 Å². The quantitative estimate of drug-likeness (QED) is 0.104. The molecular weight excluding hydrogens is 655 g/mol. The molecule has 1 unspecified atom stereocenters. The molecule has 42 heavy (non-hydrogen) atoms. The van der Waals surface area contributed by atoms with Crippen LogP contribution < -0.4 is 38.2 Å². The van der Waals surface area contributed by atoms with Gasteiger partial charge < -0.3 is 43.8 Å². The number of aliphatic hydroxyl groups excluding tert-OH is 1. The number of ether oxygens (including phenoxy) is 1. The first-order valence-corrected chi connectivity index (χ1v) is 13.8. The van der Waals surface area contributed by atoms with Crippen LogP contribution in [0.15, 0.2) is 85.5 Å². The number of β-lactam (4-membered cyclic amide) rings is 1. The number of nitrogens with zero attached hydrogens (tertiary/aromatic N) is 3. The minimum absolute atomic E-state index is 0. The number of benzene rings is 3. The highest BCUT2D eigenvalue weighted by Crippen LogP contribution is 2.49. The van der Waals surface area contributed by atoms with Gasteiger partial charge in [-0.05, 0) is 79.8 Å². The van der Waals surface area contributed by atoms with E-state index in [1.807, 2.05) is 30.3 Å². The second-order valence-electron chi connectivity index (χ2n) is 10.5. The predicted octanol–water partition coefficient (Wildman–Crippen LogP) is 2.38. The summed E-state index contributed by atoms with van der Waals surface area (Å²) in [5.74, 6) is -0.965. The summed E-state index contributed by atoms with van der Waals surface area (Å²) in [6.45, 7) is 1.39. The summed E-state index contributed by atoms with van der Waals surface area (Å²) in [5.41, 5.74) is 1.63. The van der Waals surface area contributed by atoms with Crippen LogP contribution in [0.3, 0.4) is 0 Å². The highest BCUT2D eigenvalue weighted by molar-refractivity contribution is 6.03. The Balaban J connectivity index is 0.00000405. The number of carbonyl (C=O) groups is 1. The molecule has 0 bridgehead atoms. The highest BCUT2D eigenvalue weighted by atomic mass is 127. The lowest BCUT2D eigenvalue weighted by atomic mass is 9.78. The van der Waals surface area contributed by atoms with Crippen molar-refractivity contribution in [3.8, 4) is 11.5 Å². The van der Waals surface area contributed by atoms with Gasteiger partial charge in [0.15, 0.2) is 0 Å². The molecule has 222 valence electrons. The van der Waals surface area contributed by atoms with Crippen LogP contribution >= 0.6 is 0 Å². The third-order valence-electron chi connectivity index (χ3n) is 7.55. The summed E-state index contributed by atoms with van der Waals surface area (Å²) in [6, 6.07) is 15.8. The Labute approximate surface area is 261 Å². The number of halogens is 3. The topological polar surface area (TPSA) is 78.8 Å². The van der Waals surface area contributed by atoms with Gasteiger partial charge in [0.25, 0.3) is 0 Å². The Morgan fingerprint density at radius 3 is 2.33 bits per heavy atom. The molecule has 4 aromatic rings. The molecule has 1 saturated heterocycles. The molecule has 1 aliphatic heterocycles. The molecule has 0 aliphatic carbocycles. The van der Waals surface area contributed by atoms with Crippen molar-refractivity contribution < 1.29 is 57.1 Å². The van der Waals surface area contributed by atoms with E-state index in [0.29, 0.717) is 35.6 Å². The van der Waals surface area contributed by atoms with Crippen molar-refractivity contribution in [2.24, 2.45) is 13.0 Å². The van der Waals surface area contributed by atoms with Gasteiger partial charge in [-0.15, -0.1) is 0 Å². The first-order chi connectivity index (χ1) is 19.8. The molecule has 1 aliphatic rings. The Bertz CT molecular complexity index is 1480. The second-order valence-corrected chi connectivity index (χ2v) is 10.5. The smallest absolute Gasteiger partial charge is 0.243 e. The van der Waals surface area contributed by atoms with Crippen LogP contribution in [0.5, 0.6) is 11.5 Å². The molecule has 7 nitrogen and oxygen atoms in total. The SMILES string of the molecule is C[n+]1ccn(CCCCOc2ccc([C@@H]3C(CC[C@H](O)c4ccc(F)cc4)C(=O)N3c3ccc(F)cc3)c(O)c2)c1.[I-]. The van der Waals surface area contributed by atoms with Crippen LogP contribution in [-0.4, -0.2) is 27.3 Å². The van der Waals surface area contributed by atoms with Gasteiger partial charge >= 0.3 is 0 Å². The predicted molar refractivity (Wildman–Crippen MR) is 149 cm³/mol. The number of amides is 1. The summed E-state index contributed by atoms with van der Waals surface area (Å²) in [5, 5.41) is 21.7. The first kappa shape index (κ1) is 31.4. The van der Waals surface area contributed by atoms with Gasteiger partial charge in [-0.2, -0.15) is 0 Å². The zero-order chi connectivity index (χ0) is 28.9. The summed E-state index contributed by atoms with van der Waals surface area (Å²) in [4.78, 5) is 14.8. The molecular formula is C32H34F2IN3O4. The number of rotatable bonds is 12. The van der Waals surface area contributed by atoms with Crippen molar-refractivity contribution >= 4 is 11.6 Å².